The Morgan fingerprint density at radius 1 is 1.16 bits per heavy atom. The second-order valence-electron chi connectivity index (χ2n) is 6.24. The van der Waals surface area contributed by atoms with Crippen molar-refractivity contribution in [1.82, 2.24) is 15.3 Å². The second-order valence-corrected chi connectivity index (χ2v) is 6.24. The van der Waals surface area contributed by atoms with Gasteiger partial charge >= 0.3 is 0 Å². The summed E-state index contributed by atoms with van der Waals surface area (Å²) < 4.78 is 0. The number of carbonyl (C=O) groups is 1. The monoisotopic (exact) mass is 329 g/mol. The van der Waals surface area contributed by atoms with Crippen LogP contribution in [0.2, 0.25) is 0 Å². The molecular weight excluding hydrogens is 310 g/mol. The molecule has 2 aromatic heterocycles. The number of aromatic amines is 1. The van der Waals surface area contributed by atoms with Crippen LogP contribution in [0.1, 0.15) is 34.2 Å². The van der Waals surface area contributed by atoms with E-state index in [0.717, 1.165) is 40.2 Å². The molecular formula is C21H19N3O. The first kappa shape index (κ1) is 15.4. The molecule has 1 aromatic carbocycles. The van der Waals surface area contributed by atoms with Gasteiger partial charge in [-0.05, 0) is 42.3 Å². The molecule has 2 N–H and O–H groups in total. The fourth-order valence-corrected chi connectivity index (χ4v) is 3.15. The van der Waals surface area contributed by atoms with Gasteiger partial charge < -0.3 is 10.3 Å². The minimum Gasteiger partial charge on any atom is -0.358 e. The molecule has 1 aliphatic heterocycles. The number of fused-ring (bicyclic) bond motifs is 1. The zero-order valence-corrected chi connectivity index (χ0v) is 14.0. The van der Waals surface area contributed by atoms with Crippen LogP contribution in [0.25, 0.3) is 22.9 Å². The van der Waals surface area contributed by atoms with Gasteiger partial charge in [-0.15, -0.1) is 0 Å². The van der Waals surface area contributed by atoms with Crippen molar-refractivity contribution >= 4 is 17.6 Å². The van der Waals surface area contributed by atoms with Crippen molar-refractivity contribution < 1.29 is 4.79 Å². The normalized spacial score (nSPS) is 14.1. The van der Waals surface area contributed by atoms with E-state index in [1.165, 1.54) is 5.56 Å². The highest BCUT2D eigenvalue weighted by molar-refractivity contribution is 5.97. The summed E-state index contributed by atoms with van der Waals surface area (Å²) in [6.45, 7) is 2.77. The lowest BCUT2D eigenvalue weighted by molar-refractivity contribution is 0.0946. The number of H-pyrrole nitrogens is 1. The smallest absolute Gasteiger partial charge is 0.253 e. The van der Waals surface area contributed by atoms with Gasteiger partial charge in [0, 0.05) is 36.1 Å². The topological polar surface area (TPSA) is 57.8 Å². The van der Waals surface area contributed by atoms with E-state index in [4.69, 9.17) is 0 Å². The van der Waals surface area contributed by atoms with E-state index in [2.05, 4.69) is 40.4 Å². The standard InChI is InChI=1S/C21H19N3O/c1-14(15-5-3-2-4-6-15)11-17-12-16(7-9-22-17)20-13-18-19(24-20)8-10-23-21(18)25/h2-7,9,11-13,24H,8,10H2,1H3,(H,23,25)/b14-11-. The number of carbonyl (C=O) groups excluding carboxylic acids is 1. The predicted octanol–water partition coefficient (Wildman–Crippen LogP) is 3.92. The Hall–Kier alpha value is -3.14. The average Bonchev–Trinajstić information content (AvgIpc) is 3.08. The molecule has 0 unspecified atom stereocenters. The molecule has 4 nitrogen and oxygen atoms in total. The van der Waals surface area contributed by atoms with E-state index >= 15 is 0 Å². The zero-order chi connectivity index (χ0) is 17.2. The molecule has 4 heteroatoms. The number of benzene rings is 1. The van der Waals surface area contributed by atoms with E-state index in [-0.39, 0.29) is 5.91 Å². The molecule has 1 amide bonds. The number of amides is 1. The summed E-state index contributed by atoms with van der Waals surface area (Å²) in [5, 5.41) is 2.88. The van der Waals surface area contributed by atoms with Crippen LogP contribution in [0.5, 0.6) is 0 Å². The summed E-state index contributed by atoms with van der Waals surface area (Å²) in [4.78, 5) is 19.8. The number of allylic oxidation sites excluding steroid dienone is 1. The van der Waals surface area contributed by atoms with E-state index < -0.39 is 0 Å². The van der Waals surface area contributed by atoms with Gasteiger partial charge in [0.05, 0.1) is 11.3 Å². The lowest BCUT2D eigenvalue weighted by Crippen LogP contribution is -2.31. The first-order chi connectivity index (χ1) is 12.2. The summed E-state index contributed by atoms with van der Waals surface area (Å²) in [5.74, 6) is -0.00199. The number of nitrogens with zero attached hydrogens (tertiary/aromatic N) is 1. The fourth-order valence-electron chi connectivity index (χ4n) is 3.15. The Morgan fingerprint density at radius 3 is 2.80 bits per heavy atom. The van der Waals surface area contributed by atoms with Crippen molar-refractivity contribution in [2.24, 2.45) is 0 Å². The van der Waals surface area contributed by atoms with Gasteiger partial charge in [-0.1, -0.05) is 30.3 Å². The number of nitrogens with one attached hydrogen (secondary N) is 2. The van der Waals surface area contributed by atoms with Crippen LogP contribution in [-0.2, 0) is 6.42 Å². The van der Waals surface area contributed by atoms with Crippen LogP contribution in [0, 0.1) is 0 Å². The quantitative estimate of drug-likeness (QED) is 0.765. The van der Waals surface area contributed by atoms with Gasteiger partial charge in [-0.25, -0.2) is 0 Å². The van der Waals surface area contributed by atoms with Crippen molar-refractivity contribution in [3.8, 4) is 11.3 Å². The third-order valence-electron chi connectivity index (χ3n) is 4.49. The van der Waals surface area contributed by atoms with Crippen molar-refractivity contribution in [3.63, 3.8) is 0 Å². The second kappa shape index (κ2) is 6.40. The molecule has 1 aliphatic rings. The van der Waals surface area contributed by atoms with E-state index in [9.17, 15) is 4.79 Å². The van der Waals surface area contributed by atoms with Crippen LogP contribution >= 0.6 is 0 Å². The van der Waals surface area contributed by atoms with Crippen molar-refractivity contribution in [2.75, 3.05) is 6.54 Å². The third-order valence-corrected chi connectivity index (χ3v) is 4.49. The van der Waals surface area contributed by atoms with Crippen LogP contribution in [0.3, 0.4) is 0 Å². The number of aromatic nitrogens is 2. The molecule has 4 rings (SSSR count). The molecule has 3 aromatic rings. The Labute approximate surface area is 146 Å². The Balaban J connectivity index is 1.67. The molecule has 0 fully saturated rings. The molecule has 0 saturated heterocycles. The van der Waals surface area contributed by atoms with E-state index in [0.29, 0.717) is 6.54 Å². The number of pyridine rings is 1. The molecule has 0 spiro atoms. The lowest BCUT2D eigenvalue weighted by Gasteiger charge is -2.10. The highest BCUT2D eigenvalue weighted by Crippen LogP contribution is 2.25. The van der Waals surface area contributed by atoms with Crippen LogP contribution in [0.4, 0.5) is 0 Å². The molecule has 0 radical (unpaired) electrons. The van der Waals surface area contributed by atoms with Gasteiger partial charge in [0.15, 0.2) is 0 Å². The largest absolute Gasteiger partial charge is 0.358 e. The van der Waals surface area contributed by atoms with Gasteiger partial charge in [-0.3, -0.25) is 9.78 Å². The van der Waals surface area contributed by atoms with Gasteiger partial charge in [0.2, 0.25) is 0 Å². The fraction of sp³-hybridized carbons (Fsp3) is 0.143. The molecule has 0 saturated carbocycles. The Morgan fingerprint density at radius 2 is 2.00 bits per heavy atom. The van der Waals surface area contributed by atoms with Crippen LogP contribution in [-0.4, -0.2) is 22.4 Å². The molecule has 25 heavy (non-hydrogen) atoms. The number of rotatable bonds is 3. The van der Waals surface area contributed by atoms with Gasteiger partial charge in [0.1, 0.15) is 0 Å². The summed E-state index contributed by atoms with van der Waals surface area (Å²) in [6, 6.07) is 16.2. The minimum absolute atomic E-state index is 0.00199. The summed E-state index contributed by atoms with van der Waals surface area (Å²) in [6.07, 6.45) is 4.72. The van der Waals surface area contributed by atoms with Crippen LogP contribution in [0.15, 0.2) is 54.7 Å². The van der Waals surface area contributed by atoms with Gasteiger partial charge in [0.25, 0.3) is 5.91 Å². The van der Waals surface area contributed by atoms with Crippen LogP contribution < -0.4 is 5.32 Å². The molecule has 3 heterocycles. The third kappa shape index (κ3) is 3.11. The summed E-state index contributed by atoms with van der Waals surface area (Å²) >= 11 is 0. The van der Waals surface area contributed by atoms with Crippen molar-refractivity contribution in [1.29, 1.82) is 0 Å². The molecule has 124 valence electrons. The summed E-state index contributed by atoms with van der Waals surface area (Å²) in [5.41, 5.74) is 6.98. The molecule has 0 atom stereocenters. The molecule has 0 bridgehead atoms. The number of hydrogen-bond donors (Lipinski definition) is 2. The summed E-state index contributed by atoms with van der Waals surface area (Å²) in [7, 11) is 0. The Kier molecular flexibility index (Phi) is 3.94. The first-order valence-electron chi connectivity index (χ1n) is 8.41. The SMILES string of the molecule is C/C(=C/c1cc(-c2cc3c([nH]2)CCNC3=O)ccn1)c1ccccc1. The molecule has 0 aliphatic carbocycles. The number of hydrogen-bond acceptors (Lipinski definition) is 2. The highest BCUT2D eigenvalue weighted by Gasteiger charge is 2.19. The first-order valence-corrected chi connectivity index (χ1v) is 8.41. The van der Waals surface area contributed by atoms with Gasteiger partial charge in [-0.2, -0.15) is 0 Å². The lowest BCUT2D eigenvalue weighted by atomic mass is 10.1. The van der Waals surface area contributed by atoms with E-state index in [1.807, 2.05) is 36.4 Å². The minimum atomic E-state index is -0.00199. The van der Waals surface area contributed by atoms with Crippen molar-refractivity contribution in [3.05, 3.63) is 77.2 Å². The maximum Gasteiger partial charge on any atom is 0.253 e. The van der Waals surface area contributed by atoms with E-state index in [1.54, 1.807) is 6.20 Å². The highest BCUT2D eigenvalue weighted by atomic mass is 16.1. The maximum absolute atomic E-state index is 11.9. The predicted molar refractivity (Wildman–Crippen MR) is 100 cm³/mol. The Bertz CT molecular complexity index is 954. The maximum atomic E-state index is 11.9. The van der Waals surface area contributed by atoms with Crippen molar-refractivity contribution in [2.45, 2.75) is 13.3 Å². The zero-order valence-electron chi connectivity index (χ0n) is 14.0. The average molecular weight is 329 g/mol.